The van der Waals surface area contributed by atoms with Crippen LogP contribution in [0.4, 0.5) is 5.82 Å². The molecule has 1 fully saturated rings. The van der Waals surface area contributed by atoms with Gasteiger partial charge in [0, 0.05) is 6.42 Å². The minimum absolute atomic E-state index is 0.0154. The van der Waals surface area contributed by atoms with E-state index >= 15 is 0 Å². The summed E-state index contributed by atoms with van der Waals surface area (Å²) in [5.74, 6) is 8.60. The molecular weight excluding hydrogens is 272 g/mol. The number of thioether (sulfide) groups is 1. The topological polar surface area (TPSA) is 62.2 Å². The second-order valence-electron chi connectivity index (χ2n) is 4.68. The number of hydrogen-bond acceptors (Lipinski definition) is 4. The molecule has 0 unspecified atom stereocenters. The number of pyridine rings is 1. The van der Waals surface area contributed by atoms with Crippen LogP contribution in [0.15, 0.2) is 18.2 Å². The van der Waals surface area contributed by atoms with Crippen molar-refractivity contribution >= 4 is 23.5 Å². The lowest BCUT2D eigenvalue weighted by atomic mass is 9.98. The summed E-state index contributed by atoms with van der Waals surface area (Å²) in [6, 6.07) is 5.29. The number of amides is 1. The zero-order chi connectivity index (χ0) is 14.2. The van der Waals surface area contributed by atoms with Gasteiger partial charge in [-0.15, -0.1) is 0 Å². The van der Waals surface area contributed by atoms with E-state index in [2.05, 4.69) is 22.1 Å². The van der Waals surface area contributed by atoms with Crippen LogP contribution in [0, 0.1) is 17.8 Å². The zero-order valence-corrected chi connectivity index (χ0v) is 12.1. The van der Waals surface area contributed by atoms with Gasteiger partial charge in [-0.3, -0.25) is 4.79 Å². The third-order valence-electron chi connectivity index (χ3n) is 3.13. The van der Waals surface area contributed by atoms with E-state index in [0.29, 0.717) is 23.9 Å². The highest BCUT2D eigenvalue weighted by atomic mass is 32.2. The first-order chi connectivity index (χ1) is 9.78. The highest BCUT2D eigenvalue weighted by Gasteiger charge is 2.17. The van der Waals surface area contributed by atoms with Crippen molar-refractivity contribution in [1.82, 2.24) is 4.98 Å². The van der Waals surface area contributed by atoms with E-state index in [4.69, 9.17) is 5.11 Å². The molecule has 1 aliphatic heterocycles. The molecule has 2 rings (SSSR count). The second kappa shape index (κ2) is 7.93. The summed E-state index contributed by atoms with van der Waals surface area (Å²) in [5.41, 5.74) is 0.547. The SMILES string of the molecule is O=C(CC1CCSCC1)Nc1cccc(C#CCO)n1. The Kier molecular flexibility index (Phi) is 5.90. The summed E-state index contributed by atoms with van der Waals surface area (Å²) in [7, 11) is 0. The van der Waals surface area contributed by atoms with Gasteiger partial charge < -0.3 is 10.4 Å². The van der Waals surface area contributed by atoms with E-state index in [9.17, 15) is 4.79 Å². The third-order valence-corrected chi connectivity index (χ3v) is 4.18. The van der Waals surface area contributed by atoms with Crippen LogP contribution in [-0.2, 0) is 4.79 Å². The number of nitrogens with one attached hydrogen (secondary N) is 1. The molecule has 1 aliphatic rings. The largest absolute Gasteiger partial charge is 0.384 e. The molecule has 1 amide bonds. The quantitative estimate of drug-likeness (QED) is 0.835. The predicted molar refractivity (Wildman–Crippen MR) is 81.5 cm³/mol. The molecule has 0 spiro atoms. The molecule has 5 heteroatoms. The van der Waals surface area contributed by atoms with Crippen molar-refractivity contribution < 1.29 is 9.90 Å². The van der Waals surface area contributed by atoms with Gasteiger partial charge in [-0.25, -0.2) is 4.98 Å². The van der Waals surface area contributed by atoms with Gasteiger partial charge in [-0.1, -0.05) is 12.0 Å². The first kappa shape index (κ1) is 14.9. The fraction of sp³-hybridized carbons (Fsp3) is 0.467. The Bertz CT molecular complexity index is 516. The molecule has 0 radical (unpaired) electrons. The molecule has 20 heavy (non-hydrogen) atoms. The third kappa shape index (κ3) is 4.87. The van der Waals surface area contributed by atoms with Crippen LogP contribution >= 0.6 is 11.8 Å². The minimum Gasteiger partial charge on any atom is -0.384 e. The summed E-state index contributed by atoms with van der Waals surface area (Å²) in [6.07, 6.45) is 2.80. The Hall–Kier alpha value is -1.51. The number of aliphatic hydroxyl groups excluding tert-OH is 1. The molecule has 106 valence electrons. The average molecular weight is 290 g/mol. The highest BCUT2D eigenvalue weighted by Crippen LogP contribution is 2.25. The van der Waals surface area contributed by atoms with Crippen LogP contribution in [0.25, 0.3) is 0 Å². The molecule has 0 aliphatic carbocycles. The standard InChI is InChI=1S/C15H18N2O2S/c18-8-2-4-13-3-1-5-14(16-13)17-15(19)11-12-6-9-20-10-7-12/h1,3,5,12,18H,6-11H2,(H,16,17,19). The Morgan fingerprint density at radius 3 is 3.00 bits per heavy atom. The van der Waals surface area contributed by atoms with Crippen LogP contribution in [0.2, 0.25) is 0 Å². The van der Waals surface area contributed by atoms with Gasteiger partial charge in [0.2, 0.25) is 5.91 Å². The summed E-state index contributed by atoms with van der Waals surface area (Å²) in [4.78, 5) is 16.2. The average Bonchev–Trinajstić information content (AvgIpc) is 2.46. The fourth-order valence-corrected chi connectivity index (χ4v) is 3.31. The maximum absolute atomic E-state index is 12.0. The number of carbonyl (C=O) groups is 1. The van der Waals surface area contributed by atoms with Crippen LogP contribution < -0.4 is 5.32 Å². The van der Waals surface area contributed by atoms with E-state index in [1.807, 2.05) is 11.8 Å². The van der Waals surface area contributed by atoms with Crippen molar-refractivity contribution in [2.75, 3.05) is 23.4 Å². The molecule has 1 saturated heterocycles. The van der Waals surface area contributed by atoms with Gasteiger partial charge in [0.15, 0.2) is 0 Å². The normalized spacial score (nSPS) is 15.2. The molecule has 4 nitrogen and oxygen atoms in total. The molecule has 2 heterocycles. The number of hydrogen-bond donors (Lipinski definition) is 2. The molecule has 1 aromatic rings. The highest BCUT2D eigenvalue weighted by molar-refractivity contribution is 7.99. The van der Waals surface area contributed by atoms with Crippen LogP contribution in [0.5, 0.6) is 0 Å². The predicted octanol–water partition coefficient (Wildman–Crippen LogP) is 1.90. The Balaban J connectivity index is 1.90. The van der Waals surface area contributed by atoms with Gasteiger partial charge in [0.05, 0.1) is 0 Å². The fourth-order valence-electron chi connectivity index (χ4n) is 2.11. The molecule has 0 saturated carbocycles. The van der Waals surface area contributed by atoms with E-state index in [-0.39, 0.29) is 12.5 Å². The Morgan fingerprint density at radius 2 is 2.25 bits per heavy atom. The van der Waals surface area contributed by atoms with Crippen molar-refractivity contribution in [2.45, 2.75) is 19.3 Å². The van der Waals surface area contributed by atoms with Gasteiger partial charge in [0.25, 0.3) is 0 Å². The summed E-state index contributed by atoms with van der Waals surface area (Å²) in [5, 5.41) is 11.5. The Morgan fingerprint density at radius 1 is 1.45 bits per heavy atom. The van der Waals surface area contributed by atoms with E-state index in [1.54, 1.807) is 18.2 Å². The maximum Gasteiger partial charge on any atom is 0.225 e. The molecule has 0 atom stereocenters. The van der Waals surface area contributed by atoms with Crippen LogP contribution in [0.1, 0.15) is 25.0 Å². The number of anilines is 1. The lowest BCUT2D eigenvalue weighted by Gasteiger charge is -2.20. The van der Waals surface area contributed by atoms with E-state index in [1.165, 1.54) is 0 Å². The smallest absolute Gasteiger partial charge is 0.225 e. The number of aliphatic hydroxyl groups is 1. The minimum atomic E-state index is -0.196. The number of carbonyl (C=O) groups excluding carboxylic acids is 1. The monoisotopic (exact) mass is 290 g/mol. The van der Waals surface area contributed by atoms with Gasteiger partial charge >= 0.3 is 0 Å². The van der Waals surface area contributed by atoms with Crippen molar-refractivity contribution in [3.05, 3.63) is 23.9 Å². The molecule has 0 bridgehead atoms. The van der Waals surface area contributed by atoms with Crippen molar-refractivity contribution in [3.63, 3.8) is 0 Å². The van der Waals surface area contributed by atoms with Crippen molar-refractivity contribution in [1.29, 1.82) is 0 Å². The zero-order valence-electron chi connectivity index (χ0n) is 11.3. The van der Waals surface area contributed by atoms with Crippen molar-refractivity contribution in [3.8, 4) is 11.8 Å². The van der Waals surface area contributed by atoms with Crippen molar-refractivity contribution in [2.24, 2.45) is 5.92 Å². The van der Waals surface area contributed by atoms with E-state index < -0.39 is 0 Å². The molecule has 2 N–H and O–H groups in total. The van der Waals surface area contributed by atoms with Gasteiger partial charge in [0.1, 0.15) is 18.1 Å². The maximum atomic E-state index is 12.0. The summed E-state index contributed by atoms with van der Waals surface area (Å²) < 4.78 is 0. The van der Waals surface area contributed by atoms with Crippen LogP contribution in [0.3, 0.4) is 0 Å². The first-order valence-corrected chi connectivity index (χ1v) is 7.88. The number of rotatable bonds is 3. The number of nitrogens with zero attached hydrogens (tertiary/aromatic N) is 1. The molecular formula is C15H18N2O2S. The van der Waals surface area contributed by atoms with Crippen LogP contribution in [-0.4, -0.2) is 34.1 Å². The molecule has 0 aromatic carbocycles. The lowest BCUT2D eigenvalue weighted by Crippen LogP contribution is -2.20. The Labute approximate surface area is 123 Å². The molecule has 1 aromatic heterocycles. The van der Waals surface area contributed by atoms with E-state index in [0.717, 1.165) is 24.3 Å². The summed E-state index contributed by atoms with van der Waals surface area (Å²) >= 11 is 1.96. The summed E-state index contributed by atoms with van der Waals surface area (Å²) in [6.45, 7) is -0.196. The lowest BCUT2D eigenvalue weighted by molar-refractivity contribution is -0.117. The second-order valence-corrected chi connectivity index (χ2v) is 5.90. The number of aromatic nitrogens is 1. The van der Waals surface area contributed by atoms with Gasteiger partial charge in [-0.2, -0.15) is 11.8 Å². The first-order valence-electron chi connectivity index (χ1n) is 6.72. The van der Waals surface area contributed by atoms with Gasteiger partial charge in [-0.05, 0) is 48.3 Å².